The summed E-state index contributed by atoms with van der Waals surface area (Å²) in [6.07, 6.45) is 2.86. The third kappa shape index (κ3) is 5.36. The summed E-state index contributed by atoms with van der Waals surface area (Å²) in [6.45, 7) is 9.07. The van der Waals surface area contributed by atoms with Gasteiger partial charge in [0, 0.05) is 49.5 Å². The number of carbonyl (C=O) groups is 2. The topological polar surface area (TPSA) is 72.9 Å². The Morgan fingerprint density at radius 2 is 1.89 bits per heavy atom. The first-order valence-corrected chi connectivity index (χ1v) is 9.97. The molecule has 2 aliphatic rings. The monoisotopic (exact) mass is 395 g/mol. The number of hydrogen-bond acceptors (Lipinski definition) is 4. The maximum absolute atomic E-state index is 12.3. The first kappa shape index (κ1) is 21.5. The van der Waals surface area contributed by atoms with Crippen LogP contribution in [0.5, 0.6) is 0 Å². The summed E-state index contributed by atoms with van der Waals surface area (Å²) in [5.41, 5.74) is 1.07. The number of carboxylic acid groups (broad SMARTS) is 1. The van der Waals surface area contributed by atoms with Crippen LogP contribution in [-0.4, -0.2) is 61.2 Å². The van der Waals surface area contributed by atoms with Crippen molar-refractivity contribution < 1.29 is 14.7 Å². The summed E-state index contributed by atoms with van der Waals surface area (Å²) < 4.78 is 0. The molecule has 6 nitrogen and oxygen atoms in total. The van der Waals surface area contributed by atoms with E-state index in [1.165, 1.54) is 5.69 Å². The van der Waals surface area contributed by atoms with Crippen molar-refractivity contribution in [3.63, 3.8) is 0 Å². The molecule has 2 N–H and O–H groups in total. The largest absolute Gasteiger partial charge is 0.483 e. The van der Waals surface area contributed by atoms with Gasteiger partial charge in [0.25, 0.3) is 6.47 Å². The number of piperazine rings is 1. The highest BCUT2D eigenvalue weighted by Gasteiger charge is 2.44. The van der Waals surface area contributed by atoms with Crippen LogP contribution in [0.3, 0.4) is 0 Å². The highest BCUT2D eigenvalue weighted by Crippen LogP contribution is 2.37. The van der Waals surface area contributed by atoms with Crippen molar-refractivity contribution in [2.45, 2.75) is 39.2 Å². The first-order valence-electron chi connectivity index (χ1n) is 9.59. The molecular weight excluding hydrogens is 366 g/mol. The van der Waals surface area contributed by atoms with Crippen LogP contribution in [0.25, 0.3) is 0 Å². The molecule has 1 amide bonds. The van der Waals surface area contributed by atoms with Gasteiger partial charge in [-0.15, -0.1) is 0 Å². The fourth-order valence-electron chi connectivity index (χ4n) is 4.10. The predicted octanol–water partition coefficient (Wildman–Crippen LogP) is 2.86. The molecule has 0 bridgehead atoms. The quantitative estimate of drug-likeness (QED) is 0.750. The van der Waals surface area contributed by atoms with Gasteiger partial charge in [-0.3, -0.25) is 14.5 Å². The van der Waals surface area contributed by atoms with Crippen molar-refractivity contribution in [3.05, 3.63) is 29.3 Å². The zero-order valence-electron chi connectivity index (χ0n) is 16.2. The van der Waals surface area contributed by atoms with E-state index in [1.807, 2.05) is 18.2 Å². The molecule has 0 spiro atoms. The molecule has 7 heteroatoms. The van der Waals surface area contributed by atoms with Crippen molar-refractivity contribution in [2.75, 3.05) is 37.6 Å². The van der Waals surface area contributed by atoms with Crippen molar-refractivity contribution in [1.82, 2.24) is 10.2 Å². The van der Waals surface area contributed by atoms with Crippen molar-refractivity contribution in [3.8, 4) is 0 Å². The number of hydrogen-bond donors (Lipinski definition) is 2. The molecule has 2 heterocycles. The fraction of sp³-hybridized carbons (Fsp3) is 0.600. The number of nitrogens with one attached hydrogen (secondary N) is 1. The van der Waals surface area contributed by atoms with E-state index < -0.39 is 0 Å². The Hall–Kier alpha value is -1.79. The zero-order chi connectivity index (χ0) is 19.9. The second-order valence-corrected chi connectivity index (χ2v) is 7.67. The number of amides is 1. The van der Waals surface area contributed by atoms with E-state index >= 15 is 0 Å². The Labute approximate surface area is 166 Å². The van der Waals surface area contributed by atoms with Crippen LogP contribution in [0.15, 0.2) is 24.3 Å². The zero-order valence-corrected chi connectivity index (χ0v) is 16.9. The van der Waals surface area contributed by atoms with Gasteiger partial charge in [0.05, 0.1) is 5.41 Å². The second kappa shape index (κ2) is 9.95. The Bertz CT molecular complexity index is 629. The standard InChI is InChI=1S/C19H28ClN3O.CH2O2/c1-3-19(4-2)13-16(21-18(19)24)14-22-8-10-23(11-9-22)17-7-5-6-15(20)12-17;2-1-3/h5-7,12,16H,3-4,8-11,13-14H2,1-2H3,(H,21,24);1H,(H,2,3)/t16-;/m1./s1. The minimum absolute atomic E-state index is 0.132. The molecule has 0 aliphatic carbocycles. The highest BCUT2D eigenvalue weighted by molar-refractivity contribution is 6.30. The Morgan fingerprint density at radius 3 is 2.41 bits per heavy atom. The van der Waals surface area contributed by atoms with E-state index in [0.717, 1.165) is 57.0 Å². The Kier molecular flexibility index (Phi) is 7.92. The minimum atomic E-state index is -0.250. The molecule has 3 rings (SSSR count). The number of anilines is 1. The molecule has 2 fully saturated rings. The Balaban J connectivity index is 0.000000817. The fourth-order valence-corrected chi connectivity index (χ4v) is 4.28. The van der Waals surface area contributed by atoms with Crippen molar-refractivity contribution >= 4 is 29.7 Å². The van der Waals surface area contributed by atoms with Crippen LogP contribution in [-0.2, 0) is 9.59 Å². The molecule has 2 aliphatic heterocycles. The lowest BCUT2D eigenvalue weighted by Gasteiger charge is -2.37. The van der Waals surface area contributed by atoms with Gasteiger partial charge >= 0.3 is 0 Å². The van der Waals surface area contributed by atoms with E-state index in [9.17, 15) is 4.79 Å². The van der Waals surface area contributed by atoms with Crippen LogP contribution < -0.4 is 10.2 Å². The van der Waals surface area contributed by atoms with Gasteiger partial charge in [-0.05, 0) is 37.5 Å². The first-order chi connectivity index (χ1) is 13.0. The van der Waals surface area contributed by atoms with Gasteiger partial charge < -0.3 is 15.3 Å². The van der Waals surface area contributed by atoms with Gasteiger partial charge in [0.2, 0.25) is 5.91 Å². The molecule has 1 atom stereocenters. The predicted molar refractivity (Wildman–Crippen MR) is 108 cm³/mol. The molecule has 2 saturated heterocycles. The van der Waals surface area contributed by atoms with Gasteiger partial charge in [-0.2, -0.15) is 0 Å². The van der Waals surface area contributed by atoms with E-state index in [2.05, 4.69) is 35.0 Å². The van der Waals surface area contributed by atoms with Crippen molar-refractivity contribution in [1.29, 1.82) is 0 Å². The third-order valence-corrected chi connectivity index (χ3v) is 6.07. The average Bonchev–Trinajstić information content (AvgIpc) is 2.98. The van der Waals surface area contributed by atoms with E-state index in [-0.39, 0.29) is 17.8 Å². The number of nitrogens with zero attached hydrogens (tertiary/aromatic N) is 2. The molecule has 1 aromatic carbocycles. The number of carbonyl (C=O) groups excluding carboxylic acids is 1. The number of benzene rings is 1. The molecule has 150 valence electrons. The molecule has 27 heavy (non-hydrogen) atoms. The summed E-state index contributed by atoms with van der Waals surface area (Å²) in [4.78, 5) is 25.6. The lowest BCUT2D eigenvalue weighted by atomic mass is 9.79. The van der Waals surface area contributed by atoms with Crippen LogP contribution in [0.4, 0.5) is 5.69 Å². The molecule has 0 unspecified atom stereocenters. The average molecular weight is 396 g/mol. The number of halogens is 1. The van der Waals surface area contributed by atoms with Crippen LogP contribution in [0.1, 0.15) is 33.1 Å². The Morgan fingerprint density at radius 1 is 1.26 bits per heavy atom. The van der Waals surface area contributed by atoms with Crippen LogP contribution >= 0.6 is 11.6 Å². The summed E-state index contributed by atoms with van der Waals surface area (Å²) in [7, 11) is 0. The van der Waals surface area contributed by atoms with Crippen LogP contribution in [0, 0.1) is 5.41 Å². The minimum Gasteiger partial charge on any atom is -0.483 e. The van der Waals surface area contributed by atoms with Crippen molar-refractivity contribution in [2.24, 2.45) is 5.41 Å². The van der Waals surface area contributed by atoms with E-state index in [0.29, 0.717) is 6.04 Å². The lowest BCUT2D eigenvalue weighted by molar-refractivity contribution is -0.128. The number of rotatable bonds is 5. The molecular formula is C20H30ClN3O3. The maximum atomic E-state index is 12.3. The summed E-state index contributed by atoms with van der Waals surface area (Å²) in [5, 5.41) is 10.9. The van der Waals surface area contributed by atoms with Gasteiger partial charge in [-0.25, -0.2) is 0 Å². The molecule has 0 radical (unpaired) electrons. The lowest BCUT2D eigenvalue weighted by Crippen LogP contribution is -2.50. The van der Waals surface area contributed by atoms with E-state index in [1.54, 1.807) is 0 Å². The van der Waals surface area contributed by atoms with Crippen LogP contribution in [0.2, 0.25) is 5.02 Å². The van der Waals surface area contributed by atoms with Gasteiger partial charge in [-0.1, -0.05) is 31.5 Å². The molecule has 0 aromatic heterocycles. The van der Waals surface area contributed by atoms with Gasteiger partial charge in [0.1, 0.15) is 0 Å². The van der Waals surface area contributed by atoms with Gasteiger partial charge in [0.15, 0.2) is 0 Å². The maximum Gasteiger partial charge on any atom is 0.290 e. The summed E-state index contributed by atoms with van der Waals surface area (Å²) in [5.74, 6) is 0.259. The summed E-state index contributed by atoms with van der Waals surface area (Å²) in [6, 6.07) is 8.38. The molecule has 0 saturated carbocycles. The SMILES string of the molecule is CCC1(CC)C[C@H](CN2CCN(c3cccc(Cl)c3)CC2)NC1=O.O=CO. The summed E-state index contributed by atoms with van der Waals surface area (Å²) >= 11 is 6.10. The normalized spacial score (nSPS) is 22.0. The highest BCUT2D eigenvalue weighted by atomic mass is 35.5. The third-order valence-electron chi connectivity index (χ3n) is 5.83. The second-order valence-electron chi connectivity index (χ2n) is 7.23. The molecule has 1 aromatic rings. The smallest absolute Gasteiger partial charge is 0.290 e. The van der Waals surface area contributed by atoms with E-state index in [4.69, 9.17) is 21.5 Å².